The Balaban J connectivity index is 0.000000194. The Morgan fingerprint density at radius 2 is 1.10 bits per heavy atom. The van der Waals surface area contributed by atoms with Crippen molar-refractivity contribution in [1.29, 1.82) is 0 Å². The van der Waals surface area contributed by atoms with Gasteiger partial charge in [0.2, 0.25) is 0 Å². The summed E-state index contributed by atoms with van der Waals surface area (Å²) in [7, 11) is 0. The summed E-state index contributed by atoms with van der Waals surface area (Å²) in [6.07, 6.45) is 7.03. The van der Waals surface area contributed by atoms with Crippen molar-refractivity contribution in [2.24, 2.45) is 0 Å². The minimum atomic E-state index is -0.232. The Morgan fingerprint density at radius 3 is 1.62 bits per heavy atom. The molecule has 0 saturated heterocycles. The number of carbonyl (C=O) groups excluding carboxylic acids is 2. The predicted molar refractivity (Wildman–Crippen MR) is 198 cm³/mol. The van der Waals surface area contributed by atoms with Gasteiger partial charge in [-0.3, -0.25) is 19.6 Å². The van der Waals surface area contributed by atoms with Gasteiger partial charge in [-0.15, -0.1) is 0 Å². The number of para-hydroxylation sites is 2. The highest BCUT2D eigenvalue weighted by molar-refractivity contribution is 9.10. The Morgan fingerprint density at radius 1 is 0.640 bits per heavy atom. The second-order valence-electron chi connectivity index (χ2n) is 12.0. The van der Waals surface area contributed by atoms with Crippen LogP contribution in [-0.4, -0.2) is 44.0 Å². The fourth-order valence-corrected chi connectivity index (χ4v) is 5.45. The molecule has 0 unspecified atom stereocenters. The Hall–Kier alpha value is -5.42. The third-order valence-electron chi connectivity index (χ3n) is 7.35. The van der Waals surface area contributed by atoms with Crippen molar-refractivity contribution in [2.45, 2.75) is 59.9 Å². The summed E-state index contributed by atoms with van der Waals surface area (Å²) in [5.74, 6) is 1.12. The number of fused-ring (bicyclic) bond motifs is 2. The Labute approximate surface area is 299 Å². The molecule has 4 heterocycles. The third kappa shape index (κ3) is 9.38. The zero-order chi connectivity index (χ0) is 35.6. The normalized spacial score (nSPS) is 10.9. The van der Waals surface area contributed by atoms with E-state index in [0.29, 0.717) is 30.0 Å². The number of aryl methyl sites for hydroxylation is 1. The number of aromatic nitrogens is 4. The van der Waals surface area contributed by atoms with Crippen LogP contribution in [0.4, 0.5) is 0 Å². The number of nitrogens with zero attached hydrogens (tertiary/aromatic N) is 4. The summed E-state index contributed by atoms with van der Waals surface area (Å²) < 4.78 is 12.3. The van der Waals surface area contributed by atoms with Gasteiger partial charge in [0.15, 0.2) is 0 Å². The monoisotopic (exact) mass is 734 g/mol. The number of carbonyl (C=O) groups is 2. The lowest BCUT2D eigenvalue weighted by Gasteiger charge is -2.14. The van der Waals surface area contributed by atoms with Gasteiger partial charge >= 0.3 is 0 Å². The van der Waals surface area contributed by atoms with E-state index in [0.717, 1.165) is 49.0 Å². The van der Waals surface area contributed by atoms with E-state index in [1.54, 1.807) is 36.9 Å². The van der Waals surface area contributed by atoms with Crippen molar-refractivity contribution >= 4 is 49.6 Å². The summed E-state index contributed by atoms with van der Waals surface area (Å²) in [5, 5.41) is 7.62. The lowest BCUT2D eigenvalue weighted by atomic mass is 10.1. The molecule has 0 aliphatic carbocycles. The van der Waals surface area contributed by atoms with Gasteiger partial charge in [-0.05, 0) is 92.5 Å². The van der Waals surface area contributed by atoms with Crippen LogP contribution < -0.4 is 20.1 Å². The largest absolute Gasteiger partial charge is 0.491 e. The predicted octanol–water partition coefficient (Wildman–Crippen LogP) is 7.76. The van der Waals surface area contributed by atoms with Crippen LogP contribution >= 0.6 is 15.9 Å². The molecule has 2 amide bonds. The molecule has 0 spiro atoms. The first-order chi connectivity index (χ1) is 24.1. The first kappa shape index (κ1) is 35.9. The molecular weight excluding hydrogens is 696 g/mol. The van der Waals surface area contributed by atoms with E-state index in [-0.39, 0.29) is 24.0 Å². The molecule has 0 fully saturated rings. The number of rotatable bonds is 10. The Bertz CT molecular complexity index is 1970. The summed E-state index contributed by atoms with van der Waals surface area (Å²) in [6, 6.07) is 22.5. The molecule has 10 nitrogen and oxygen atoms in total. The van der Waals surface area contributed by atoms with E-state index in [1.807, 2.05) is 95.3 Å². The van der Waals surface area contributed by atoms with Gasteiger partial charge in [0.25, 0.3) is 11.8 Å². The smallest absolute Gasteiger partial charge is 0.270 e. The number of ether oxygens (including phenoxy) is 2. The molecule has 6 aromatic rings. The van der Waals surface area contributed by atoms with Crippen molar-refractivity contribution in [3.05, 3.63) is 130 Å². The van der Waals surface area contributed by atoms with Crippen LogP contribution in [0.25, 0.3) is 21.8 Å². The van der Waals surface area contributed by atoms with Gasteiger partial charge in [0.1, 0.15) is 22.9 Å². The third-order valence-corrected chi connectivity index (χ3v) is 7.93. The maximum absolute atomic E-state index is 12.5. The highest BCUT2D eigenvalue weighted by Gasteiger charge is 2.13. The van der Waals surface area contributed by atoms with E-state index in [2.05, 4.69) is 46.5 Å². The van der Waals surface area contributed by atoms with Gasteiger partial charge in [-0.2, -0.15) is 0 Å². The quantitative estimate of drug-likeness (QED) is 0.146. The zero-order valence-electron chi connectivity index (χ0n) is 28.6. The summed E-state index contributed by atoms with van der Waals surface area (Å²) >= 11 is 3.41. The number of nitrogens with one attached hydrogen (secondary N) is 2. The second kappa shape index (κ2) is 16.8. The van der Waals surface area contributed by atoms with E-state index in [4.69, 9.17) is 9.47 Å². The van der Waals surface area contributed by atoms with Gasteiger partial charge < -0.3 is 20.1 Å². The van der Waals surface area contributed by atoms with Gasteiger partial charge in [0, 0.05) is 59.8 Å². The number of halogens is 1. The van der Waals surface area contributed by atoms with E-state index in [1.165, 1.54) is 0 Å². The van der Waals surface area contributed by atoms with E-state index in [9.17, 15) is 9.59 Å². The standard InChI is InChI=1S/C20H21N3O2.C19H18BrN3O2/c1-13(2)25-18-7-5-4-6-15(18)12-22-20(24)17-9-8-16-11-21-10-14(3)19(16)23-17;1-12(2)25-17-6-4-3-5-13(17)10-22-19(24)16-8-7-14-9-21-11-15(20)18(14)23-16/h4-11,13H,12H2,1-3H3,(H,22,24);3-9,11-12H,10H2,1-2H3,(H,22,24). The highest BCUT2D eigenvalue weighted by atomic mass is 79.9. The molecule has 0 bridgehead atoms. The molecule has 6 rings (SSSR count). The van der Waals surface area contributed by atoms with Crippen molar-refractivity contribution < 1.29 is 19.1 Å². The fraction of sp³-hybridized carbons (Fsp3) is 0.231. The number of benzene rings is 2. The van der Waals surface area contributed by atoms with Crippen LogP contribution in [0.2, 0.25) is 0 Å². The maximum atomic E-state index is 12.5. The molecule has 11 heteroatoms. The second-order valence-corrected chi connectivity index (χ2v) is 12.9. The summed E-state index contributed by atoms with van der Waals surface area (Å²) in [6.45, 7) is 10.6. The average molecular weight is 736 g/mol. The lowest BCUT2D eigenvalue weighted by molar-refractivity contribution is 0.0937. The highest BCUT2D eigenvalue weighted by Crippen LogP contribution is 2.23. The van der Waals surface area contributed by atoms with E-state index < -0.39 is 0 Å². The molecule has 0 radical (unpaired) electrons. The van der Waals surface area contributed by atoms with Gasteiger partial charge in [-0.1, -0.05) is 36.4 Å². The van der Waals surface area contributed by atoms with Crippen molar-refractivity contribution in [3.63, 3.8) is 0 Å². The van der Waals surface area contributed by atoms with Crippen LogP contribution in [-0.2, 0) is 13.1 Å². The summed E-state index contributed by atoms with van der Waals surface area (Å²) in [4.78, 5) is 42.1. The van der Waals surface area contributed by atoms with Gasteiger partial charge in [0.05, 0.1) is 27.7 Å². The maximum Gasteiger partial charge on any atom is 0.270 e. The van der Waals surface area contributed by atoms with Crippen LogP contribution in [0, 0.1) is 6.92 Å². The number of hydrogen-bond donors (Lipinski definition) is 2. The molecule has 256 valence electrons. The lowest BCUT2D eigenvalue weighted by Crippen LogP contribution is -2.24. The molecule has 0 aliphatic heterocycles. The van der Waals surface area contributed by atoms with Crippen LogP contribution in [0.15, 0.2) is 102 Å². The van der Waals surface area contributed by atoms with E-state index >= 15 is 0 Å². The summed E-state index contributed by atoms with van der Waals surface area (Å²) in [5.41, 5.74) is 5.08. The molecule has 4 aromatic heterocycles. The van der Waals surface area contributed by atoms with Crippen molar-refractivity contribution in [1.82, 2.24) is 30.6 Å². The number of amides is 2. The fourth-order valence-electron chi connectivity index (χ4n) is 5.01. The van der Waals surface area contributed by atoms with Crippen molar-refractivity contribution in [2.75, 3.05) is 0 Å². The SMILES string of the molecule is CC(C)Oc1ccccc1CNC(=O)c1ccc2cncc(Br)c2n1.Cc1cncc2ccc(C(=O)NCc3ccccc3OC(C)C)nc12. The first-order valence-corrected chi connectivity index (χ1v) is 17.1. The average Bonchev–Trinajstić information content (AvgIpc) is 3.10. The number of pyridine rings is 4. The van der Waals surface area contributed by atoms with Crippen LogP contribution in [0.1, 0.15) is 65.4 Å². The van der Waals surface area contributed by atoms with Gasteiger partial charge in [-0.25, -0.2) is 9.97 Å². The molecule has 0 atom stereocenters. The van der Waals surface area contributed by atoms with Crippen LogP contribution in [0.3, 0.4) is 0 Å². The molecule has 0 saturated carbocycles. The molecule has 2 aromatic carbocycles. The number of hydrogen-bond acceptors (Lipinski definition) is 8. The van der Waals surface area contributed by atoms with Crippen molar-refractivity contribution in [3.8, 4) is 11.5 Å². The molecule has 50 heavy (non-hydrogen) atoms. The molecule has 2 N–H and O–H groups in total. The first-order valence-electron chi connectivity index (χ1n) is 16.3. The zero-order valence-corrected chi connectivity index (χ0v) is 30.2. The minimum Gasteiger partial charge on any atom is -0.491 e. The molecule has 0 aliphatic rings. The minimum absolute atomic E-state index is 0.0740. The Kier molecular flexibility index (Phi) is 12.1. The topological polar surface area (TPSA) is 128 Å². The molecular formula is C39H39BrN6O4. The van der Waals surface area contributed by atoms with Crippen LogP contribution in [0.5, 0.6) is 11.5 Å².